The maximum atomic E-state index is 13.3. The van der Waals surface area contributed by atoms with Crippen LogP contribution in [0.5, 0.6) is 0 Å². The van der Waals surface area contributed by atoms with Crippen LogP contribution in [-0.2, 0) is 13.0 Å². The van der Waals surface area contributed by atoms with Crippen LogP contribution in [-0.4, -0.2) is 60.5 Å². The van der Waals surface area contributed by atoms with Gasteiger partial charge in [0, 0.05) is 61.7 Å². The number of halogens is 1. The van der Waals surface area contributed by atoms with Gasteiger partial charge in [0.05, 0.1) is 0 Å². The summed E-state index contributed by atoms with van der Waals surface area (Å²) in [4.78, 5) is 24.5. The Morgan fingerprint density at radius 2 is 1.66 bits per heavy atom. The van der Waals surface area contributed by atoms with Crippen molar-refractivity contribution in [3.8, 4) is 11.1 Å². The molecule has 1 aromatic heterocycles. The van der Waals surface area contributed by atoms with Gasteiger partial charge in [0.2, 0.25) is 0 Å². The molecule has 1 fully saturated rings. The van der Waals surface area contributed by atoms with Crippen molar-refractivity contribution in [2.75, 3.05) is 44.7 Å². The van der Waals surface area contributed by atoms with E-state index in [1.54, 1.807) is 6.20 Å². The number of likely N-dealkylation sites (N-methyl/N-ethyl adjacent to an activating group) is 1. The first-order chi connectivity index (χ1) is 15.6. The summed E-state index contributed by atoms with van der Waals surface area (Å²) in [7, 11) is 2.17. The zero-order valence-electron chi connectivity index (χ0n) is 18.3. The molecule has 0 spiro atoms. The van der Waals surface area contributed by atoms with Crippen LogP contribution >= 0.6 is 11.6 Å². The van der Waals surface area contributed by atoms with E-state index in [4.69, 9.17) is 11.6 Å². The lowest BCUT2D eigenvalue weighted by Crippen LogP contribution is -2.45. The minimum absolute atomic E-state index is 0.00788. The van der Waals surface area contributed by atoms with E-state index in [-0.39, 0.29) is 5.91 Å². The van der Waals surface area contributed by atoms with Crippen molar-refractivity contribution in [1.82, 2.24) is 14.8 Å². The largest absolute Gasteiger partial charge is 0.369 e. The van der Waals surface area contributed by atoms with Gasteiger partial charge >= 0.3 is 0 Å². The third-order valence-electron chi connectivity index (χ3n) is 6.54. The molecule has 2 aliphatic rings. The highest BCUT2D eigenvalue weighted by Gasteiger charge is 2.26. The van der Waals surface area contributed by atoms with Gasteiger partial charge in [-0.1, -0.05) is 41.9 Å². The Labute approximate surface area is 194 Å². The minimum atomic E-state index is -0.00788. The van der Waals surface area contributed by atoms with E-state index in [1.165, 1.54) is 16.8 Å². The van der Waals surface area contributed by atoms with Gasteiger partial charge < -0.3 is 14.7 Å². The number of benzene rings is 2. The summed E-state index contributed by atoms with van der Waals surface area (Å²) in [6.07, 6.45) is 2.65. The maximum absolute atomic E-state index is 13.3. The zero-order chi connectivity index (χ0) is 22.1. The summed E-state index contributed by atoms with van der Waals surface area (Å²) in [5.74, 6) is -0.00788. The van der Waals surface area contributed by atoms with Gasteiger partial charge in [0.1, 0.15) is 5.69 Å². The Balaban J connectivity index is 1.34. The van der Waals surface area contributed by atoms with Crippen molar-refractivity contribution < 1.29 is 4.79 Å². The molecule has 0 aliphatic carbocycles. The second-order valence-corrected chi connectivity index (χ2v) is 9.06. The zero-order valence-corrected chi connectivity index (χ0v) is 19.1. The average molecular weight is 447 g/mol. The Bertz CT molecular complexity index is 1110. The monoisotopic (exact) mass is 446 g/mol. The van der Waals surface area contributed by atoms with Crippen LogP contribution in [0.2, 0.25) is 5.02 Å². The quantitative estimate of drug-likeness (QED) is 0.599. The molecule has 2 aromatic carbocycles. The van der Waals surface area contributed by atoms with Crippen LogP contribution in [0.1, 0.15) is 21.6 Å². The third kappa shape index (κ3) is 4.23. The van der Waals surface area contributed by atoms with Crippen LogP contribution in [0.25, 0.3) is 11.1 Å². The Kier molecular flexibility index (Phi) is 5.85. The molecule has 1 amide bonds. The number of aromatic nitrogens is 1. The Morgan fingerprint density at radius 3 is 2.38 bits per heavy atom. The van der Waals surface area contributed by atoms with E-state index < -0.39 is 0 Å². The number of amides is 1. The number of anilines is 1. The first-order valence-corrected chi connectivity index (χ1v) is 11.5. The lowest BCUT2D eigenvalue weighted by atomic mass is 9.96. The van der Waals surface area contributed by atoms with Gasteiger partial charge in [-0.3, -0.25) is 9.78 Å². The van der Waals surface area contributed by atoms with E-state index in [0.717, 1.165) is 50.3 Å². The number of pyridine rings is 1. The van der Waals surface area contributed by atoms with E-state index in [0.29, 0.717) is 17.3 Å². The molecule has 0 bridgehead atoms. The molecular weight excluding hydrogens is 420 g/mol. The van der Waals surface area contributed by atoms with Crippen LogP contribution in [0.3, 0.4) is 0 Å². The summed E-state index contributed by atoms with van der Waals surface area (Å²) < 4.78 is 0. The number of fused-ring (bicyclic) bond motifs is 1. The second-order valence-electron chi connectivity index (χ2n) is 8.62. The van der Waals surface area contributed by atoms with E-state index in [9.17, 15) is 4.79 Å². The van der Waals surface area contributed by atoms with E-state index in [2.05, 4.69) is 40.0 Å². The molecular formula is C26H27ClN4O. The highest BCUT2D eigenvalue weighted by atomic mass is 35.5. The second kappa shape index (κ2) is 8.93. The van der Waals surface area contributed by atoms with Gasteiger partial charge in [-0.25, -0.2) is 0 Å². The molecule has 0 N–H and O–H groups in total. The SMILES string of the molecule is CN1CCN(c2cccc3c2CN(C(=O)c2ccc(-c4ccc(Cl)cc4)cn2)CC3)CC1. The summed E-state index contributed by atoms with van der Waals surface area (Å²) in [6.45, 7) is 5.53. The lowest BCUT2D eigenvalue weighted by molar-refractivity contribution is 0.0729. The number of carbonyl (C=O) groups is 1. The molecule has 1 saturated heterocycles. The topological polar surface area (TPSA) is 39.7 Å². The van der Waals surface area contributed by atoms with E-state index >= 15 is 0 Å². The van der Waals surface area contributed by atoms with Crippen molar-refractivity contribution in [1.29, 1.82) is 0 Å². The first-order valence-electron chi connectivity index (χ1n) is 11.1. The fraction of sp³-hybridized carbons (Fsp3) is 0.308. The van der Waals surface area contributed by atoms with Crippen molar-refractivity contribution in [2.45, 2.75) is 13.0 Å². The Morgan fingerprint density at radius 1 is 0.906 bits per heavy atom. The summed E-state index contributed by atoms with van der Waals surface area (Å²) in [5.41, 5.74) is 6.41. The van der Waals surface area contributed by atoms with Crippen LogP contribution < -0.4 is 4.90 Å². The molecule has 32 heavy (non-hydrogen) atoms. The number of rotatable bonds is 3. The maximum Gasteiger partial charge on any atom is 0.272 e. The van der Waals surface area contributed by atoms with Crippen LogP contribution in [0, 0.1) is 0 Å². The Hall–Kier alpha value is -2.89. The number of piperazine rings is 1. The first kappa shape index (κ1) is 21.0. The van der Waals surface area contributed by atoms with Gasteiger partial charge in [-0.15, -0.1) is 0 Å². The van der Waals surface area contributed by atoms with Gasteiger partial charge in [-0.2, -0.15) is 0 Å². The summed E-state index contributed by atoms with van der Waals surface area (Å²) >= 11 is 5.98. The number of carbonyl (C=O) groups excluding carboxylic acids is 1. The predicted octanol–water partition coefficient (Wildman–Crippen LogP) is 4.35. The van der Waals surface area contributed by atoms with Crippen molar-refractivity contribution in [3.63, 3.8) is 0 Å². The van der Waals surface area contributed by atoms with Crippen molar-refractivity contribution >= 4 is 23.2 Å². The van der Waals surface area contributed by atoms with Gasteiger partial charge in [0.25, 0.3) is 5.91 Å². The fourth-order valence-electron chi connectivity index (χ4n) is 4.58. The van der Waals surface area contributed by atoms with Crippen molar-refractivity contribution in [3.05, 3.63) is 82.6 Å². The van der Waals surface area contributed by atoms with Gasteiger partial charge in [-0.05, 0) is 54.4 Å². The fourth-order valence-corrected chi connectivity index (χ4v) is 4.70. The van der Waals surface area contributed by atoms with Crippen LogP contribution in [0.15, 0.2) is 60.8 Å². The molecule has 3 aromatic rings. The summed E-state index contributed by atoms with van der Waals surface area (Å²) in [6, 6.07) is 18.0. The molecule has 5 rings (SSSR count). The van der Waals surface area contributed by atoms with Crippen LogP contribution in [0.4, 0.5) is 5.69 Å². The molecule has 0 unspecified atom stereocenters. The highest BCUT2D eigenvalue weighted by molar-refractivity contribution is 6.30. The molecule has 5 nitrogen and oxygen atoms in total. The summed E-state index contributed by atoms with van der Waals surface area (Å²) in [5, 5.41) is 0.704. The number of hydrogen-bond donors (Lipinski definition) is 0. The smallest absolute Gasteiger partial charge is 0.272 e. The third-order valence-corrected chi connectivity index (χ3v) is 6.79. The normalized spacial score (nSPS) is 16.7. The molecule has 0 saturated carbocycles. The number of nitrogens with zero attached hydrogens (tertiary/aromatic N) is 4. The number of hydrogen-bond acceptors (Lipinski definition) is 4. The average Bonchev–Trinajstić information content (AvgIpc) is 2.84. The molecule has 2 aliphatic heterocycles. The standard InChI is InChI=1S/C26H27ClN4O/c1-29-13-15-30(16-14-29)25-4-2-3-20-11-12-31(18-23(20)25)26(32)24-10-7-21(17-28-24)19-5-8-22(27)9-6-19/h2-10,17H,11-16,18H2,1H3. The molecule has 0 atom stereocenters. The molecule has 6 heteroatoms. The minimum Gasteiger partial charge on any atom is -0.369 e. The van der Waals surface area contributed by atoms with Crippen molar-refractivity contribution in [2.24, 2.45) is 0 Å². The highest BCUT2D eigenvalue weighted by Crippen LogP contribution is 2.30. The van der Waals surface area contributed by atoms with Gasteiger partial charge in [0.15, 0.2) is 0 Å². The molecule has 164 valence electrons. The van der Waals surface area contributed by atoms with E-state index in [1.807, 2.05) is 41.3 Å². The predicted molar refractivity (Wildman–Crippen MR) is 129 cm³/mol. The molecule has 0 radical (unpaired) electrons. The molecule has 3 heterocycles. The lowest BCUT2D eigenvalue weighted by Gasteiger charge is -2.38.